The van der Waals surface area contributed by atoms with Gasteiger partial charge in [-0.25, -0.2) is 0 Å². The van der Waals surface area contributed by atoms with E-state index in [1.165, 1.54) is 40.7 Å². The van der Waals surface area contributed by atoms with Crippen molar-refractivity contribution >= 4 is 10.9 Å². The second kappa shape index (κ2) is 2.85. The first-order chi connectivity index (χ1) is 6.86. The number of fused-ring (bicyclic) bond motifs is 3. The Kier molecular flexibility index (Phi) is 1.64. The smallest absolute Gasteiger partial charge is 0.104 e. The van der Waals surface area contributed by atoms with Crippen molar-refractivity contribution in [2.45, 2.75) is 19.9 Å². The molecule has 2 aromatic rings. The van der Waals surface area contributed by atoms with Crippen LogP contribution in [-0.2, 0) is 13.0 Å². The predicted octanol–water partition coefficient (Wildman–Crippen LogP) is 1.10. The molecule has 1 aliphatic rings. The molecule has 3 N–H and O–H groups in total. The third kappa shape index (κ3) is 1.01. The summed E-state index contributed by atoms with van der Waals surface area (Å²) in [7, 11) is 0. The molecule has 0 bridgehead atoms. The molecule has 2 nitrogen and oxygen atoms in total. The molecule has 0 radical (unpaired) electrons. The van der Waals surface area contributed by atoms with E-state index in [1.54, 1.807) is 0 Å². The normalized spacial score (nSPS) is 15.8. The lowest BCUT2D eigenvalue weighted by Crippen LogP contribution is -2.84. The maximum absolute atomic E-state index is 3.56. The fourth-order valence-electron chi connectivity index (χ4n) is 2.41. The van der Waals surface area contributed by atoms with Gasteiger partial charge in [0, 0.05) is 28.6 Å². The topological polar surface area (TPSA) is 32.4 Å². The highest BCUT2D eigenvalue weighted by Crippen LogP contribution is 2.25. The molecule has 0 amide bonds. The van der Waals surface area contributed by atoms with Crippen LogP contribution in [0.2, 0.25) is 0 Å². The number of hydrogen-bond acceptors (Lipinski definition) is 0. The summed E-state index contributed by atoms with van der Waals surface area (Å²) in [6.45, 7) is 4.53. The zero-order valence-corrected chi connectivity index (χ0v) is 8.43. The first-order valence-electron chi connectivity index (χ1n) is 5.27. The molecule has 2 heterocycles. The van der Waals surface area contributed by atoms with E-state index in [1.807, 2.05) is 0 Å². The lowest BCUT2D eigenvalue weighted by molar-refractivity contribution is -0.673. The van der Waals surface area contributed by atoms with E-state index in [0.717, 1.165) is 6.54 Å². The van der Waals surface area contributed by atoms with Gasteiger partial charge in [-0.3, -0.25) is 0 Å². The molecule has 1 aromatic carbocycles. The SMILES string of the molecule is Cc1cccc2c3c([nH]c12)CC[NH2+]C3. The molecule has 1 aliphatic heterocycles. The summed E-state index contributed by atoms with van der Waals surface area (Å²) < 4.78 is 0. The van der Waals surface area contributed by atoms with Crippen LogP contribution >= 0.6 is 0 Å². The number of aryl methyl sites for hydroxylation is 1. The zero-order valence-electron chi connectivity index (χ0n) is 8.43. The number of nitrogens with one attached hydrogen (secondary N) is 1. The molecular weight excluding hydrogens is 172 g/mol. The minimum absolute atomic E-state index is 1.14. The molecule has 0 spiro atoms. The van der Waals surface area contributed by atoms with E-state index in [0.29, 0.717) is 0 Å². The number of hydrogen-bond donors (Lipinski definition) is 2. The van der Waals surface area contributed by atoms with Crippen molar-refractivity contribution in [3.8, 4) is 0 Å². The van der Waals surface area contributed by atoms with E-state index in [4.69, 9.17) is 0 Å². The largest absolute Gasteiger partial charge is 0.358 e. The molecule has 0 atom stereocenters. The Morgan fingerprint density at radius 1 is 1.36 bits per heavy atom. The second-order valence-electron chi connectivity index (χ2n) is 4.11. The molecule has 72 valence electrons. The van der Waals surface area contributed by atoms with Gasteiger partial charge in [-0.15, -0.1) is 0 Å². The van der Waals surface area contributed by atoms with Crippen LogP contribution in [0.3, 0.4) is 0 Å². The van der Waals surface area contributed by atoms with Crippen LogP contribution in [0.4, 0.5) is 0 Å². The van der Waals surface area contributed by atoms with Gasteiger partial charge in [0.25, 0.3) is 0 Å². The lowest BCUT2D eigenvalue weighted by atomic mass is 10.1. The van der Waals surface area contributed by atoms with Gasteiger partial charge in [0.1, 0.15) is 6.54 Å². The average molecular weight is 187 g/mol. The first kappa shape index (κ1) is 8.06. The van der Waals surface area contributed by atoms with Crippen LogP contribution in [0.1, 0.15) is 16.8 Å². The van der Waals surface area contributed by atoms with Crippen LogP contribution in [0, 0.1) is 6.92 Å². The minimum Gasteiger partial charge on any atom is -0.358 e. The molecule has 0 aliphatic carbocycles. The third-order valence-corrected chi connectivity index (χ3v) is 3.18. The molecule has 0 saturated carbocycles. The summed E-state index contributed by atoms with van der Waals surface area (Å²) in [5.74, 6) is 0. The van der Waals surface area contributed by atoms with Crippen LogP contribution in [0.25, 0.3) is 10.9 Å². The van der Waals surface area contributed by atoms with Crippen molar-refractivity contribution in [2.24, 2.45) is 0 Å². The van der Waals surface area contributed by atoms with Crippen molar-refractivity contribution in [2.75, 3.05) is 6.54 Å². The fourth-order valence-corrected chi connectivity index (χ4v) is 2.41. The molecule has 3 rings (SSSR count). The Hall–Kier alpha value is -1.28. The Balaban J connectivity index is 2.36. The lowest BCUT2D eigenvalue weighted by Gasteiger charge is -2.09. The van der Waals surface area contributed by atoms with E-state index in [-0.39, 0.29) is 0 Å². The van der Waals surface area contributed by atoms with Crippen molar-refractivity contribution in [1.82, 2.24) is 4.98 Å². The van der Waals surface area contributed by atoms with Gasteiger partial charge in [-0.05, 0) is 12.5 Å². The van der Waals surface area contributed by atoms with E-state index >= 15 is 0 Å². The molecule has 0 fully saturated rings. The summed E-state index contributed by atoms with van der Waals surface area (Å²) in [4.78, 5) is 3.56. The van der Waals surface area contributed by atoms with E-state index < -0.39 is 0 Å². The van der Waals surface area contributed by atoms with Gasteiger partial charge in [-0.2, -0.15) is 0 Å². The molecule has 14 heavy (non-hydrogen) atoms. The molecule has 1 aromatic heterocycles. The molecule has 0 unspecified atom stereocenters. The highest BCUT2D eigenvalue weighted by Gasteiger charge is 2.17. The maximum Gasteiger partial charge on any atom is 0.104 e. The van der Waals surface area contributed by atoms with Crippen molar-refractivity contribution in [1.29, 1.82) is 0 Å². The summed E-state index contributed by atoms with van der Waals surface area (Å²) in [6, 6.07) is 6.56. The standard InChI is InChI=1S/C12H14N2/c1-8-3-2-4-9-10-7-13-6-5-11(10)14-12(8)9/h2-4,13-14H,5-7H2,1H3/p+1. The monoisotopic (exact) mass is 187 g/mol. The number of nitrogens with two attached hydrogens (primary N) is 1. The molecule has 0 saturated heterocycles. The van der Waals surface area contributed by atoms with Crippen molar-refractivity contribution in [3.63, 3.8) is 0 Å². The number of benzene rings is 1. The Morgan fingerprint density at radius 3 is 3.21 bits per heavy atom. The van der Waals surface area contributed by atoms with Gasteiger partial charge in [0.05, 0.1) is 6.54 Å². The quantitative estimate of drug-likeness (QED) is 0.619. The Bertz CT molecular complexity index is 482. The maximum atomic E-state index is 3.56. The summed E-state index contributed by atoms with van der Waals surface area (Å²) in [6.07, 6.45) is 1.18. The summed E-state index contributed by atoms with van der Waals surface area (Å²) >= 11 is 0. The number of aromatic nitrogens is 1. The van der Waals surface area contributed by atoms with Crippen LogP contribution < -0.4 is 5.32 Å². The van der Waals surface area contributed by atoms with Gasteiger partial charge in [-0.1, -0.05) is 18.2 Å². The average Bonchev–Trinajstić information content (AvgIpc) is 2.59. The van der Waals surface area contributed by atoms with Crippen LogP contribution in [0.15, 0.2) is 18.2 Å². The van der Waals surface area contributed by atoms with Crippen LogP contribution in [-0.4, -0.2) is 11.5 Å². The number of aromatic amines is 1. The van der Waals surface area contributed by atoms with Gasteiger partial charge in [0.15, 0.2) is 0 Å². The number of H-pyrrole nitrogens is 1. The zero-order chi connectivity index (χ0) is 9.54. The van der Waals surface area contributed by atoms with Crippen LogP contribution in [0.5, 0.6) is 0 Å². The Morgan fingerprint density at radius 2 is 2.29 bits per heavy atom. The van der Waals surface area contributed by atoms with Crippen molar-refractivity contribution in [3.05, 3.63) is 35.0 Å². The number of rotatable bonds is 0. The fraction of sp³-hybridized carbons (Fsp3) is 0.333. The van der Waals surface area contributed by atoms with Crippen molar-refractivity contribution < 1.29 is 5.32 Å². The number of quaternary nitrogens is 1. The molecular formula is C12H15N2+. The highest BCUT2D eigenvalue weighted by atomic mass is 14.9. The summed E-state index contributed by atoms with van der Waals surface area (Å²) in [5, 5.41) is 3.81. The highest BCUT2D eigenvalue weighted by molar-refractivity contribution is 5.87. The molecule has 2 heteroatoms. The summed E-state index contributed by atoms with van der Waals surface area (Å²) in [5.41, 5.74) is 5.68. The number of para-hydroxylation sites is 1. The van der Waals surface area contributed by atoms with Gasteiger partial charge < -0.3 is 10.3 Å². The third-order valence-electron chi connectivity index (χ3n) is 3.18. The second-order valence-corrected chi connectivity index (χ2v) is 4.11. The predicted molar refractivity (Wildman–Crippen MR) is 57.2 cm³/mol. The van der Waals surface area contributed by atoms with E-state index in [9.17, 15) is 0 Å². The van der Waals surface area contributed by atoms with E-state index in [2.05, 4.69) is 35.4 Å². The Labute approximate surface area is 83.3 Å². The van der Waals surface area contributed by atoms with Gasteiger partial charge in [0.2, 0.25) is 0 Å². The first-order valence-corrected chi connectivity index (χ1v) is 5.27. The van der Waals surface area contributed by atoms with Gasteiger partial charge >= 0.3 is 0 Å². The minimum atomic E-state index is 1.14.